The summed E-state index contributed by atoms with van der Waals surface area (Å²) in [5.74, 6) is 0.700. The van der Waals surface area contributed by atoms with Gasteiger partial charge in [-0.25, -0.2) is 4.79 Å². The summed E-state index contributed by atoms with van der Waals surface area (Å²) in [5.41, 5.74) is 0.976. The molecule has 1 aliphatic heterocycles. The van der Waals surface area contributed by atoms with Crippen molar-refractivity contribution in [2.45, 2.75) is 19.4 Å². The van der Waals surface area contributed by atoms with Crippen LogP contribution in [0.15, 0.2) is 36.7 Å². The monoisotopic (exact) mass is 314 g/mol. The van der Waals surface area contributed by atoms with E-state index in [-0.39, 0.29) is 6.03 Å². The highest BCUT2D eigenvalue weighted by atomic mass is 16.2. The molecule has 2 N–H and O–H groups in total. The normalized spacial score (nSPS) is 14.8. The highest BCUT2D eigenvalue weighted by molar-refractivity contribution is 5.73. The maximum Gasteiger partial charge on any atom is 0.315 e. The highest BCUT2D eigenvalue weighted by Crippen LogP contribution is 2.08. The van der Waals surface area contributed by atoms with E-state index >= 15 is 0 Å². The topological polar surface area (TPSA) is 75.1 Å². The van der Waals surface area contributed by atoms with Gasteiger partial charge >= 0.3 is 6.03 Å². The third kappa shape index (κ3) is 4.29. The summed E-state index contributed by atoms with van der Waals surface area (Å²) in [6.45, 7) is 4.20. The van der Waals surface area contributed by atoms with E-state index < -0.39 is 0 Å². The summed E-state index contributed by atoms with van der Waals surface area (Å²) in [6.07, 6.45) is 4.18. The molecule has 2 aromatic rings. The minimum absolute atomic E-state index is 0.174. The van der Waals surface area contributed by atoms with Crippen LogP contribution in [-0.4, -0.2) is 51.9 Å². The van der Waals surface area contributed by atoms with Gasteiger partial charge in [-0.3, -0.25) is 4.57 Å². The quantitative estimate of drug-likeness (QED) is 0.839. The minimum Gasteiger partial charge on any atom is -0.337 e. The number of rotatable bonds is 6. The van der Waals surface area contributed by atoms with Crippen LogP contribution in [0, 0.1) is 0 Å². The van der Waals surface area contributed by atoms with E-state index in [9.17, 15) is 4.79 Å². The number of carbonyl (C=O) groups excluding carboxylic acids is 1. The second-order valence-electron chi connectivity index (χ2n) is 5.61. The standard InChI is InChI=1S/C16H22N6O/c23-16(17-8-11-21-9-4-5-10-21)18-12-15-20-19-13-22(15)14-6-2-1-3-7-14/h1-3,6-7,13H,4-5,8-12H2,(H2,17,18,23). The predicted octanol–water partition coefficient (Wildman–Crippen LogP) is 1.16. The fourth-order valence-corrected chi connectivity index (χ4v) is 2.74. The van der Waals surface area contributed by atoms with Crippen molar-refractivity contribution in [1.82, 2.24) is 30.3 Å². The Bertz CT molecular complexity index is 621. The molecule has 7 heteroatoms. The number of aromatic nitrogens is 3. The van der Waals surface area contributed by atoms with E-state index in [4.69, 9.17) is 0 Å². The van der Waals surface area contributed by atoms with Crippen molar-refractivity contribution < 1.29 is 4.79 Å². The second-order valence-corrected chi connectivity index (χ2v) is 5.61. The van der Waals surface area contributed by atoms with Crippen LogP contribution in [0.1, 0.15) is 18.7 Å². The van der Waals surface area contributed by atoms with Crippen molar-refractivity contribution in [2.24, 2.45) is 0 Å². The predicted molar refractivity (Wildman–Crippen MR) is 87.3 cm³/mol. The average Bonchev–Trinajstić information content (AvgIpc) is 3.25. The Labute approximate surface area is 135 Å². The van der Waals surface area contributed by atoms with Gasteiger partial charge in [0.1, 0.15) is 6.33 Å². The van der Waals surface area contributed by atoms with Crippen molar-refractivity contribution in [3.05, 3.63) is 42.5 Å². The fourth-order valence-electron chi connectivity index (χ4n) is 2.74. The molecule has 1 aromatic carbocycles. The van der Waals surface area contributed by atoms with Crippen LogP contribution in [0.4, 0.5) is 4.79 Å². The largest absolute Gasteiger partial charge is 0.337 e. The molecule has 2 amide bonds. The third-order valence-electron chi connectivity index (χ3n) is 3.97. The second kappa shape index (κ2) is 7.73. The smallest absolute Gasteiger partial charge is 0.315 e. The van der Waals surface area contributed by atoms with Crippen molar-refractivity contribution in [1.29, 1.82) is 0 Å². The van der Waals surface area contributed by atoms with Gasteiger partial charge in [0.25, 0.3) is 0 Å². The molecule has 3 rings (SSSR count). The van der Waals surface area contributed by atoms with Gasteiger partial charge in [0, 0.05) is 18.8 Å². The zero-order valence-electron chi connectivity index (χ0n) is 13.1. The lowest BCUT2D eigenvalue weighted by Crippen LogP contribution is -2.39. The number of para-hydroxylation sites is 1. The molecule has 0 saturated carbocycles. The van der Waals surface area contributed by atoms with E-state index in [0.29, 0.717) is 18.9 Å². The maximum absolute atomic E-state index is 11.9. The van der Waals surface area contributed by atoms with E-state index in [0.717, 1.165) is 25.3 Å². The number of amides is 2. The van der Waals surface area contributed by atoms with Crippen LogP contribution < -0.4 is 10.6 Å². The number of nitrogens with zero attached hydrogens (tertiary/aromatic N) is 4. The molecular weight excluding hydrogens is 292 g/mol. The van der Waals surface area contributed by atoms with E-state index in [1.165, 1.54) is 12.8 Å². The zero-order valence-corrected chi connectivity index (χ0v) is 13.1. The lowest BCUT2D eigenvalue weighted by Gasteiger charge is -2.15. The molecule has 0 unspecified atom stereocenters. The molecule has 0 bridgehead atoms. The Kier molecular flexibility index (Phi) is 5.21. The summed E-state index contributed by atoms with van der Waals surface area (Å²) in [5, 5.41) is 13.7. The SMILES string of the molecule is O=C(NCCN1CCCC1)NCc1nncn1-c1ccccc1. The Morgan fingerprint density at radius 1 is 1.13 bits per heavy atom. The zero-order chi connectivity index (χ0) is 15.9. The van der Waals surface area contributed by atoms with Crippen molar-refractivity contribution in [3.8, 4) is 5.69 Å². The van der Waals surface area contributed by atoms with Crippen LogP contribution in [0.2, 0.25) is 0 Å². The van der Waals surface area contributed by atoms with Crippen molar-refractivity contribution >= 4 is 6.03 Å². The van der Waals surface area contributed by atoms with Gasteiger partial charge in [-0.1, -0.05) is 18.2 Å². The van der Waals surface area contributed by atoms with Gasteiger partial charge < -0.3 is 15.5 Å². The molecule has 0 spiro atoms. The van der Waals surface area contributed by atoms with Gasteiger partial charge in [-0.2, -0.15) is 0 Å². The average molecular weight is 314 g/mol. The molecule has 1 saturated heterocycles. The highest BCUT2D eigenvalue weighted by Gasteiger charge is 2.11. The summed E-state index contributed by atoms with van der Waals surface area (Å²) in [6, 6.07) is 9.65. The van der Waals surface area contributed by atoms with Crippen LogP contribution in [0.5, 0.6) is 0 Å². The lowest BCUT2D eigenvalue weighted by molar-refractivity contribution is 0.237. The first kappa shape index (κ1) is 15.5. The van der Waals surface area contributed by atoms with E-state index in [1.807, 2.05) is 34.9 Å². The van der Waals surface area contributed by atoms with E-state index in [1.54, 1.807) is 6.33 Å². The summed E-state index contributed by atoms with van der Waals surface area (Å²) in [7, 11) is 0. The number of likely N-dealkylation sites (tertiary alicyclic amines) is 1. The fraction of sp³-hybridized carbons (Fsp3) is 0.438. The first-order valence-electron chi connectivity index (χ1n) is 8.01. The van der Waals surface area contributed by atoms with E-state index in [2.05, 4.69) is 25.7 Å². The van der Waals surface area contributed by atoms with Crippen LogP contribution in [0.3, 0.4) is 0 Å². The number of benzene rings is 1. The summed E-state index contributed by atoms with van der Waals surface area (Å²) in [4.78, 5) is 14.2. The Morgan fingerprint density at radius 3 is 2.70 bits per heavy atom. The number of hydrogen-bond donors (Lipinski definition) is 2. The molecule has 0 atom stereocenters. The molecule has 0 radical (unpaired) electrons. The molecule has 23 heavy (non-hydrogen) atoms. The molecule has 1 aliphatic rings. The molecule has 7 nitrogen and oxygen atoms in total. The van der Waals surface area contributed by atoms with Gasteiger partial charge in [-0.15, -0.1) is 10.2 Å². The van der Waals surface area contributed by atoms with Gasteiger partial charge in [0.15, 0.2) is 5.82 Å². The molecule has 1 aromatic heterocycles. The third-order valence-corrected chi connectivity index (χ3v) is 3.97. The number of hydrogen-bond acceptors (Lipinski definition) is 4. The van der Waals surface area contributed by atoms with Gasteiger partial charge in [-0.05, 0) is 38.1 Å². The Morgan fingerprint density at radius 2 is 1.91 bits per heavy atom. The molecule has 2 heterocycles. The Balaban J connectivity index is 1.45. The number of nitrogens with one attached hydrogen (secondary N) is 2. The van der Waals surface area contributed by atoms with Crippen LogP contribution in [-0.2, 0) is 6.54 Å². The summed E-state index contributed by atoms with van der Waals surface area (Å²) >= 11 is 0. The molecule has 0 aliphatic carbocycles. The van der Waals surface area contributed by atoms with Crippen LogP contribution in [0.25, 0.3) is 5.69 Å². The first-order valence-corrected chi connectivity index (χ1v) is 8.01. The maximum atomic E-state index is 11.9. The minimum atomic E-state index is -0.174. The molecule has 122 valence electrons. The lowest BCUT2D eigenvalue weighted by atomic mass is 10.3. The first-order chi connectivity index (χ1) is 11.3. The summed E-state index contributed by atoms with van der Waals surface area (Å²) < 4.78 is 1.87. The molecule has 1 fully saturated rings. The van der Waals surface area contributed by atoms with Crippen LogP contribution >= 0.6 is 0 Å². The van der Waals surface area contributed by atoms with Crippen molar-refractivity contribution in [3.63, 3.8) is 0 Å². The molecular formula is C16H22N6O. The van der Waals surface area contributed by atoms with Gasteiger partial charge in [0.2, 0.25) is 0 Å². The van der Waals surface area contributed by atoms with Gasteiger partial charge in [0.05, 0.1) is 6.54 Å². The Hall–Kier alpha value is -2.41. The number of carbonyl (C=O) groups is 1. The number of urea groups is 1. The van der Waals surface area contributed by atoms with Crippen molar-refractivity contribution in [2.75, 3.05) is 26.2 Å².